The first kappa shape index (κ1) is 13.1. The van der Waals surface area contributed by atoms with Gasteiger partial charge in [0.05, 0.1) is 0 Å². The van der Waals surface area contributed by atoms with Gasteiger partial charge in [-0.15, -0.1) is 11.6 Å². The van der Waals surface area contributed by atoms with Crippen molar-refractivity contribution in [2.75, 3.05) is 5.88 Å². The highest BCUT2D eigenvalue weighted by Crippen LogP contribution is 2.23. The van der Waals surface area contributed by atoms with E-state index in [1.54, 1.807) is 12.1 Å². The third kappa shape index (κ3) is 3.33. The molecule has 0 bridgehead atoms. The molecule has 0 fully saturated rings. The molecule has 2 rings (SSSR count). The molecule has 0 aliphatic rings. The molecule has 0 N–H and O–H groups in total. The molecule has 0 aliphatic carbocycles. The van der Waals surface area contributed by atoms with Crippen LogP contribution in [-0.4, -0.2) is 5.88 Å². The highest BCUT2D eigenvalue weighted by molar-refractivity contribution is 6.18. The summed E-state index contributed by atoms with van der Waals surface area (Å²) in [5, 5.41) is 0. The van der Waals surface area contributed by atoms with Gasteiger partial charge in [0.15, 0.2) is 0 Å². The smallest absolute Gasteiger partial charge is 0.123 e. The third-order valence-corrected chi connectivity index (χ3v) is 3.48. The van der Waals surface area contributed by atoms with Crippen LogP contribution >= 0.6 is 11.6 Å². The van der Waals surface area contributed by atoms with E-state index in [2.05, 4.69) is 31.2 Å². The largest absolute Gasteiger partial charge is 0.207 e. The van der Waals surface area contributed by atoms with E-state index in [-0.39, 0.29) is 11.7 Å². The summed E-state index contributed by atoms with van der Waals surface area (Å²) in [7, 11) is 0. The van der Waals surface area contributed by atoms with E-state index in [1.165, 1.54) is 17.2 Å². The zero-order valence-electron chi connectivity index (χ0n) is 10.4. The lowest BCUT2D eigenvalue weighted by molar-refractivity contribution is 0.621. The van der Waals surface area contributed by atoms with E-state index in [1.807, 2.05) is 6.07 Å². The first-order valence-electron chi connectivity index (χ1n) is 6.06. The zero-order chi connectivity index (χ0) is 13.0. The summed E-state index contributed by atoms with van der Waals surface area (Å²) in [4.78, 5) is 0. The molecular weight excluding hydrogens is 247 g/mol. The van der Waals surface area contributed by atoms with Crippen molar-refractivity contribution in [1.29, 1.82) is 0 Å². The Labute approximate surface area is 112 Å². The minimum atomic E-state index is -0.202. The van der Waals surface area contributed by atoms with Gasteiger partial charge in [0.2, 0.25) is 0 Å². The lowest BCUT2D eigenvalue weighted by atomic mass is 9.93. The van der Waals surface area contributed by atoms with E-state index < -0.39 is 0 Å². The average Bonchev–Trinajstić information content (AvgIpc) is 2.38. The molecule has 1 unspecified atom stereocenters. The van der Waals surface area contributed by atoms with E-state index in [0.717, 1.165) is 12.0 Å². The number of halogens is 2. The van der Waals surface area contributed by atoms with Gasteiger partial charge in [-0.1, -0.05) is 42.0 Å². The molecule has 0 heterocycles. The monoisotopic (exact) mass is 262 g/mol. The number of benzene rings is 2. The minimum absolute atomic E-state index is 0.157. The highest BCUT2D eigenvalue weighted by atomic mass is 35.5. The Morgan fingerprint density at radius 2 is 1.83 bits per heavy atom. The van der Waals surface area contributed by atoms with Gasteiger partial charge in [0, 0.05) is 11.8 Å². The van der Waals surface area contributed by atoms with Crippen LogP contribution in [0.3, 0.4) is 0 Å². The molecule has 0 radical (unpaired) electrons. The summed E-state index contributed by atoms with van der Waals surface area (Å²) in [5.74, 6) is 0.453. The molecule has 0 nitrogen and oxygen atoms in total. The van der Waals surface area contributed by atoms with Crippen molar-refractivity contribution >= 4 is 11.6 Å². The SMILES string of the molecule is Cc1ccc(CC(CCl)c2cccc(F)c2)cc1. The lowest BCUT2D eigenvalue weighted by Crippen LogP contribution is -2.05. The van der Waals surface area contributed by atoms with Gasteiger partial charge in [-0.25, -0.2) is 4.39 Å². The summed E-state index contributed by atoms with van der Waals surface area (Å²) in [5.41, 5.74) is 3.44. The maximum atomic E-state index is 13.2. The number of hydrogen-bond acceptors (Lipinski definition) is 0. The molecular formula is C16H16ClF. The Balaban J connectivity index is 2.17. The van der Waals surface area contributed by atoms with Gasteiger partial charge in [-0.3, -0.25) is 0 Å². The molecule has 0 saturated carbocycles. The highest BCUT2D eigenvalue weighted by Gasteiger charge is 2.11. The molecule has 2 heteroatoms. The fraction of sp³-hybridized carbons (Fsp3) is 0.250. The Morgan fingerprint density at radius 3 is 2.44 bits per heavy atom. The van der Waals surface area contributed by atoms with Crippen molar-refractivity contribution < 1.29 is 4.39 Å². The average molecular weight is 263 g/mol. The predicted octanol–water partition coefficient (Wildman–Crippen LogP) is 4.70. The number of hydrogen-bond donors (Lipinski definition) is 0. The Kier molecular flexibility index (Phi) is 4.38. The van der Waals surface area contributed by atoms with Crippen molar-refractivity contribution in [3.8, 4) is 0 Å². The molecule has 2 aromatic rings. The van der Waals surface area contributed by atoms with Gasteiger partial charge >= 0.3 is 0 Å². The van der Waals surface area contributed by atoms with Gasteiger partial charge in [0.25, 0.3) is 0 Å². The fourth-order valence-corrected chi connectivity index (χ4v) is 2.32. The van der Waals surface area contributed by atoms with Crippen LogP contribution < -0.4 is 0 Å². The van der Waals surface area contributed by atoms with Crippen LogP contribution in [0.5, 0.6) is 0 Å². The van der Waals surface area contributed by atoms with Crippen molar-refractivity contribution in [1.82, 2.24) is 0 Å². The Bertz CT molecular complexity index is 505. The van der Waals surface area contributed by atoms with Crippen LogP contribution in [0.4, 0.5) is 4.39 Å². The van der Waals surface area contributed by atoms with Crippen LogP contribution in [0, 0.1) is 12.7 Å². The van der Waals surface area contributed by atoms with Crippen molar-refractivity contribution in [2.45, 2.75) is 19.3 Å². The van der Waals surface area contributed by atoms with Gasteiger partial charge in [-0.2, -0.15) is 0 Å². The summed E-state index contributed by atoms with van der Waals surface area (Å²) < 4.78 is 13.2. The van der Waals surface area contributed by atoms with Crippen molar-refractivity contribution in [3.05, 3.63) is 71.0 Å². The van der Waals surface area contributed by atoms with E-state index in [0.29, 0.717) is 5.88 Å². The standard InChI is InChI=1S/C16H16ClF/c1-12-5-7-13(8-6-12)9-15(11-17)14-3-2-4-16(18)10-14/h2-8,10,15H,9,11H2,1H3. The normalized spacial score (nSPS) is 12.4. The molecule has 0 amide bonds. The Morgan fingerprint density at radius 1 is 1.11 bits per heavy atom. The molecule has 0 saturated heterocycles. The lowest BCUT2D eigenvalue weighted by Gasteiger charge is -2.14. The number of rotatable bonds is 4. The van der Waals surface area contributed by atoms with Crippen LogP contribution in [-0.2, 0) is 6.42 Å². The minimum Gasteiger partial charge on any atom is -0.207 e. The number of alkyl halides is 1. The van der Waals surface area contributed by atoms with Crippen LogP contribution in [0.1, 0.15) is 22.6 Å². The molecule has 0 aliphatic heterocycles. The van der Waals surface area contributed by atoms with E-state index in [9.17, 15) is 4.39 Å². The Hall–Kier alpha value is -1.34. The quantitative estimate of drug-likeness (QED) is 0.701. The summed E-state index contributed by atoms with van der Waals surface area (Å²) in [6, 6.07) is 15.1. The first-order chi connectivity index (χ1) is 8.69. The molecule has 2 aromatic carbocycles. The second-order valence-electron chi connectivity index (χ2n) is 4.60. The predicted molar refractivity (Wildman–Crippen MR) is 74.7 cm³/mol. The summed E-state index contributed by atoms with van der Waals surface area (Å²) in [6.07, 6.45) is 0.841. The maximum Gasteiger partial charge on any atom is 0.123 e. The van der Waals surface area contributed by atoms with E-state index >= 15 is 0 Å². The van der Waals surface area contributed by atoms with Gasteiger partial charge in [0.1, 0.15) is 5.82 Å². The maximum absolute atomic E-state index is 13.2. The van der Waals surface area contributed by atoms with E-state index in [4.69, 9.17) is 11.6 Å². The van der Waals surface area contributed by atoms with Crippen LogP contribution in [0.15, 0.2) is 48.5 Å². The van der Waals surface area contributed by atoms with Crippen LogP contribution in [0.25, 0.3) is 0 Å². The van der Waals surface area contributed by atoms with Gasteiger partial charge in [-0.05, 0) is 36.6 Å². The second-order valence-corrected chi connectivity index (χ2v) is 4.90. The summed E-state index contributed by atoms with van der Waals surface area (Å²) in [6.45, 7) is 2.06. The molecule has 94 valence electrons. The molecule has 0 spiro atoms. The van der Waals surface area contributed by atoms with Crippen molar-refractivity contribution in [2.24, 2.45) is 0 Å². The van der Waals surface area contributed by atoms with Gasteiger partial charge < -0.3 is 0 Å². The second kappa shape index (κ2) is 6.01. The molecule has 0 aromatic heterocycles. The fourth-order valence-electron chi connectivity index (χ4n) is 2.03. The topological polar surface area (TPSA) is 0 Å². The third-order valence-electron chi connectivity index (χ3n) is 3.11. The molecule has 1 atom stereocenters. The first-order valence-corrected chi connectivity index (χ1v) is 6.59. The van der Waals surface area contributed by atoms with Crippen molar-refractivity contribution in [3.63, 3.8) is 0 Å². The zero-order valence-corrected chi connectivity index (χ0v) is 11.1. The molecule has 18 heavy (non-hydrogen) atoms. The number of aryl methyl sites for hydroxylation is 1. The summed E-state index contributed by atoms with van der Waals surface area (Å²) >= 11 is 6.01. The van der Waals surface area contributed by atoms with Crippen LogP contribution in [0.2, 0.25) is 0 Å².